The van der Waals surface area contributed by atoms with Crippen LogP contribution < -0.4 is 19.3 Å². The summed E-state index contributed by atoms with van der Waals surface area (Å²) in [5.74, 6) is 0.639. The minimum atomic E-state index is -0.640. The van der Waals surface area contributed by atoms with Gasteiger partial charge in [0.15, 0.2) is 5.75 Å². The summed E-state index contributed by atoms with van der Waals surface area (Å²) in [7, 11) is 3.13. The summed E-state index contributed by atoms with van der Waals surface area (Å²) < 4.78 is 12.7. The number of ether oxygens (including phenoxy) is 2. The first-order valence-electron chi connectivity index (χ1n) is 11.1. The van der Waals surface area contributed by atoms with E-state index in [2.05, 4.69) is 5.10 Å². The van der Waals surface area contributed by atoms with Crippen molar-refractivity contribution in [3.05, 3.63) is 53.8 Å². The Morgan fingerprint density at radius 3 is 2.53 bits per heavy atom. The first kappa shape index (κ1) is 23.6. The minimum absolute atomic E-state index is 0.127. The van der Waals surface area contributed by atoms with E-state index < -0.39 is 6.09 Å². The standard InChI is InChI=1S/C25H27ClN4O4/c1-5-29(16(2)31)22-10-6-17(18-14-27-30(15-18)19-7-8-19)12-23(22)28(3)25(32)34-24-11-9-20(33-4)13-21(24)26/h6,9-15,19H,5,7-8H2,1-4H3. The third kappa shape index (κ3) is 4.87. The molecule has 0 unspecified atom stereocenters. The minimum Gasteiger partial charge on any atom is -0.497 e. The van der Waals surface area contributed by atoms with Crippen LogP contribution in [0.5, 0.6) is 11.5 Å². The van der Waals surface area contributed by atoms with Crippen LogP contribution in [0.25, 0.3) is 11.1 Å². The maximum absolute atomic E-state index is 13.1. The van der Waals surface area contributed by atoms with Crippen LogP contribution in [0.4, 0.5) is 16.2 Å². The molecule has 8 nitrogen and oxygen atoms in total. The Balaban J connectivity index is 1.68. The molecule has 1 fully saturated rings. The van der Waals surface area contributed by atoms with Gasteiger partial charge in [0.1, 0.15) is 5.75 Å². The van der Waals surface area contributed by atoms with Crippen LogP contribution in [0.2, 0.25) is 5.02 Å². The fourth-order valence-corrected chi connectivity index (χ4v) is 3.95. The largest absolute Gasteiger partial charge is 0.497 e. The second kappa shape index (κ2) is 9.77. The number of rotatable bonds is 7. The second-order valence-corrected chi connectivity index (χ2v) is 8.54. The van der Waals surface area contributed by atoms with Crippen LogP contribution in [0.3, 0.4) is 0 Å². The molecule has 1 aliphatic carbocycles. The van der Waals surface area contributed by atoms with Crippen LogP contribution in [0.1, 0.15) is 32.7 Å². The Hall–Kier alpha value is -3.52. The van der Waals surface area contributed by atoms with Crippen molar-refractivity contribution in [2.45, 2.75) is 32.7 Å². The number of hydrogen-bond acceptors (Lipinski definition) is 5. The Labute approximate surface area is 203 Å². The molecule has 34 heavy (non-hydrogen) atoms. The lowest BCUT2D eigenvalue weighted by Crippen LogP contribution is -2.34. The number of benzene rings is 2. The molecule has 1 aromatic heterocycles. The van der Waals surface area contributed by atoms with Crippen LogP contribution in [0, 0.1) is 0 Å². The number of carbonyl (C=O) groups excluding carboxylic acids is 2. The highest BCUT2D eigenvalue weighted by Gasteiger charge is 2.26. The summed E-state index contributed by atoms with van der Waals surface area (Å²) in [5.41, 5.74) is 2.95. The molecule has 2 aromatic carbocycles. The number of aromatic nitrogens is 2. The van der Waals surface area contributed by atoms with E-state index in [9.17, 15) is 9.59 Å². The fourth-order valence-electron chi connectivity index (χ4n) is 3.74. The molecule has 2 amide bonds. The summed E-state index contributed by atoms with van der Waals surface area (Å²) in [6.45, 7) is 3.83. The zero-order valence-corrected chi connectivity index (χ0v) is 20.4. The zero-order chi connectivity index (χ0) is 24.4. The molecule has 3 aromatic rings. The maximum atomic E-state index is 13.1. The van der Waals surface area contributed by atoms with Gasteiger partial charge in [-0.3, -0.25) is 14.4 Å². The number of hydrogen-bond donors (Lipinski definition) is 0. The molecule has 0 N–H and O–H groups in total. The van der Waals surface area contributed by atoms with E-state index in [-0.39, 0.29) is 16.7 Å². The number of carbonyl (C=O) groups is 2. The molecule has 1 aliphatic rings. The van der Waals surface area contributed by atoms with Gasteiger partial charge in [-0.25, -0.2) is 4.79 Å². The highest BCUT2D eigenvalue weighted by Crippen LogP contribution is 2.38. The molecule has 9 heteroatoms. The zero-order valence-electron chi connectivity index (χ0n) is 19.6. The number of amides is 2. The van der Waals surface area contributed by atoms with Gasteiger partial charge in [0.25, 0.3) is 0 Å². The Kier molecular flexibility index (Phi) is 6.79. The molecule has 1 heterocycles. The van der Waals surface area contributed by atoms with Crippen LogP contribution in [-0.2, 0) is 4.79 Å². The van der Waals surface area contributed by atoms with E-state index in [1.807, 2.05) is 42.2 Å². The Morgan fingerprint density at radius 1 is 1.15 bits per heavy atom. The van der Waals surface area contributed by atoms with E-state index >= 15 is 0 Å². The van der Waals surface area contributed by atoms with E-state index in [1.54, 1.807) is 30.1 Å². The van der Waals surface area contributed by atoms with Gasteiger partial charge in [-0.05, 0) is 49.6 Å². The lowest BCUT2D eigenvalue weighted by atomic mass is 10.1. The van der Waals surface area contributed by atoms with E-state index in [1.165, 1.54) is 18.9 Å². The highest BCUT2D eigenvalue weighted by molar-refractivity contribution is 6.32. The van der Waals surface area contributed by atoms with Crippen molar-refractivity contribution in [2.24, 2.45) is 0 Å². The smallest absolute Gasteiger partial charge is 0.419 e. The van der Waals surface area contributed by atoms with Crippen LogP contribution in [-0.4, -0.2) is 42.5 Å². The second-order valence-electron chi connectivity index (χ2n) is 8.13. The lowest BCUT2D eigenvalue weighted by Gasteiger charge is -2.27. The Bertz CT molecular complexity index is 1220. The molecule has 0 bridgehead atoms. The molecule has 0 aliphatic heterocycles. The molecular formula is C25H27ClN4O4. The van der Waals surface area contributed by atoms with Crippen molar-refractivity contribution < 1.29 is 19.1 Å². The molecular weight excluding hydrogens is 456 g/mol. The van der Waals surface area contributed by atoms with Gasteiger partial charge >= 0.3 is 6.09 Å². The molecule has 4 rings (SSSR count). The van der Waals surface area contributed by atoms with Crippen molar-refractivity contribution in [3.63, 3.8) is 0 Å². The SMILES string of the molecule is CCN(C(C)=O)c1ccc(-c2cnn(C3CC3)c2)cc1N(C)C(=O)Oc1ccc(OC)cc1Cl. The van der Waals surface area contributed by atoms with Gasteiger partial charge in [-0.2, -0.15) is 5.10 Å². The monoisotopic (exact) mass is 482 g/mol. The first-order chi connectivity index (χ1) is 16.3. The third-order valence-corrected chi connectivity index (χ3v) is 6.09. The number of halogens is 1. The van der Waals surface area contributed by atoms with Crippen molar-refractivity contribution >= 4 is 35.0 Å². The summed E-state index contributed by atoms with van der Waals surface area (Å²) >= 11 is 6.25. The Morgan fingerprint density at radius 2 is 1.91 bits per heavy atom. The molecule has 0 radical (unpaired) electrons. The van der Waals surface area contributed by atoms with Gasteiger partial charge in [-0.1, -0.05) is 17.7 Å². The molecule has 178 valence electrons. The normalized spacial score (nSPS) is 12.9. The third-order valence-electron chi connectivity index (χ3n) is 5.79. The van der Waals surface area contributed by atoms with Gasteiger partial charge in [0.2, 0.25) is 5.91 Å². The topological polar surface area (TPSA) is 76.9 Å². The highest BCUT2D eigenvalue weighted by atomic mass is 35.5. The van der Waals surface area contributed by atoms with E-state index in [0.717, 1.165) is 24.0 Å². The summed E-state index contributed by atoms with van der Waals surface area (Å²) in [5, 5.41) is 4.72. The lowest BCUT2D eigenvalue weighted by molar-refractivity contribution is -0.116. The quantitative estimate of drug-likeness (QED) is 0.441. The average molecular weight is 483 g/mol. The van der Waals surface area contributed by atoms with Gasteiger partial charge in [0, 0.05) is 38.3 Å². The van der Waals surface area contributed by atoms with E-state index in [0.29, 0.717) is 29.7 Å². The summed E-state index contributed by atoms with van der Waals surface area (Å²) in [6, 6.07) is 10.9. The predicted molar refractivity (Wildman–Crippen MR) is 132 cm³/mol. The average Bonchev–Trinajstić information content (AvgIpc) is 3.56. The van der Waals surface area contributed by atoms with Crippen molar-refractivity contribution in [1.29, 1.82) is 0 Å². The molecule has 1 saturated carbocycles. The van der Waals surface area contributed by atoms with Gasteiger partial charge in [-0.15, -0.1) is 0 Å². The van der Waals surface area contributed by atoms with Crippen LogP contribution in [0.15, 0.2) is 48.8 Å². The molecule has 0 atom stereocenters. The van der Waals surface area contributed by atoms with Crippen molar-refractivity contribution in [2.75, 3.05) is 30.5 Å². The number of methoxy groups -OCH3 is 1. The van der Waals surface area contributed by atoms with Crippen molar-refractivity contribution in [3.8, 4) is 22.6 Å². The molecule has 0 saturated heterocycles. The summed E-state index contributed by atoms with van der Waals surface area (Å²) in [4.78, 5) is 28.4. The number of anilines is 2. The van der Waals surface area contributed by atoms with Crippen LogP contribution >= 0.6 is 11.6 Å². The molecule has 0 spiro atoms. The van der Waals surface area contributed by atoms with E-state index in [4.69, 9.17) is 21.1 Å². The fraction of sp³-hybridized carbons (Fsp3) is 0.320. The van der Waals surface area contributed by atoms with Gasteiger partial charge in [0.05, 0.1) is 35.7 Å². The first-order valence-corrected chi connectivity index (χ1v) is 11.5. The maximum Gasteiger partial charge on any atom is 0.419 e. The predicted octanol–water partition coefficient (Wildman–Crippen LogP) is 5.56. The summed E-state index contributed by atoms with van der Waals surface area (Å²) in [6.07, 6.45) is 5.46. The van der Waals surface area contributed by atoms with Crippen molar-refractivity contribution in [1.82, 2.24) is 9.78 Å². The number of nitrogens with zero attached hydrogens (tertiary/aromatic N) is 4. The van der Waals surface area contributed by atoms with Gasteiger partial charge < -0.3 is 14.4 Å².